The van der Waals surface area contributed by atoms with Gasteiger partial charge in [0, 0.05) is 14.2 Å². The Morgan fingerprint density at radius 3 is 2.50 bits per heavy atom. The first-order chi connectivity index (χ1) is 8.63. The standard InChI is InChI=1S/C13H15NO4/c1-16-12(15)10(9-14)8-11-6-4-5-7-13(11,17-2)18-3/h4-8,11H,1-3H3. The molecule has 0 saturated carbocycles. The maximum absolute atomic E-state index is 11.4. The first-order valence-electron chi connectivity index (χ1n) is 5.30. The van der Waals surface area contributed by atoms with Gasteiger partial charge in [-0.1, -0.05) is 18.2 Å². The third-order valence-electron chi connectivity index (χ3n) is 2.73. The minimum absolute atomic E-state index is 0.0825. The van der Waals surface area contributed by atoms with E-state index in [1.165, 1.54) is 27.4 Å². The number of esters is 1. The van der Waals surface area contributed by atoms with Crippen molar-refractivity contribution in [3.63, 3.8) is 0 Å². The summed E-state index contributed by atoms with van der Waals surface area (Å²) in [6.07, 6.45) is 8.55. The van der Waals surface area contributed by atoms with E-state index >= 15 is 0 Å². The van der Waals surface area contributed by atoms with Crippen molar-refractivity contribution in [2.75, 3.05) is 21.3 Å². The second-order valence-corrected chi connectivity index (χ2v) is 3.58. The maximum Gasteiger partial charge on any atom is 0.348 e. The minimum atomic E-state index is -1.01. The van der Waals surface area contributed by atoms with Crippen molar-refractivity contribution in [1.29, 1.82) is 5.26 Å². The number of carbonyl (C=O) groups excluding carboxylic acids is 1. The Bertz CT molecular complexity index is 438. The molecule has 0 aromatic carbocycles. The molecule has 0 radical (unpaired) electrons. The molecular weight excluding hydrogens is 234 g/mol. The lowest BCUT2D eigenvalue weighted by Gasteiger charge is -2.34. The van der Waals surface area contributed by atoms with Gasteiger partial charge in [-0.2, -0.15) is 5.26 Å². The van der Waals surface area contributed by atoms with Crippen LogP contribution in [-0.2, 0) is 19.0 Å². The largest absolute Gasteiger partial charge is 0.465 e. The lowest BCUT2D eigenvalue weighted by Crippen LogP contribution is -2.39. The van der Waals surface area contributed by atoms with E-state index in [9.17, 15) is 4.79 Å². The Morgan fingerprint density at radius 2 is 2.00 bits per heavy atom. The van der Waals surface area contributed by atoms with Crippen LogP contribution in [0.5, 0.6) is 0 Å². The average Bonchev–Trinajstić information content (AvgIpc) is 2.44. The van der Waals surface area contributed by atoms with E-state index in [1.54, 1.807) is 30.4 Å². The van der Waals surface area contributed by atoms with Gasteiger partial charge in [-0.3, -0.25) is 0 Å². The molecule has 1 aliphatic carbocycles. The number of ether oxygens (including phenoxy) is 3. The molecule has 0 bridgehead atoms. The predicted molar refractivity (Wildman–Crippen MR) is 64.2 cm³/mol. The highest BCUT2D eigenvalue weighted by Crippen LogP contribution is 2.30. The lowest BCUT2D eigenvalue weighted by atomic mass is 9.91. The van der Waals surface area contributed by atoms with Gasteiger partial charge in [0.2, 0.25) is 0 Å². The van der Waals surface area contributed by atoms with Crippen molar-refractivity contribution in [1.82, 2.24) is 0 Å². The van der Waals surface area contributed by atoms with E-state index < -0.39 is 11.8 Å². The van der Waals surface area contributed by atoms with Crippen molar-refractivity contribution in [3.05, 3.63) is 36.0 Å². The third kappa shape index (κ3) is 2.67. The monoisotopic (exact) mass is 249 g/mol. The van der Waals surface area contributed by atoms with Gasteiger partial charge in [0.1, 0.15) is 11.6 Å². The number of allylic oxidation sites excluding steroid dienone is 2. The zero-order valence-electron chi connectivity index (χ0n) is 10.5. The Balaban J connectivity index is 3.11. The molecule has 96 valence electrons. The topological polar surface area (TPSA) is 68.6 Å². The molecule has 18 heavy (non-hydrogen) atoms. The SMILES string of the molecule is COC(=O)C(C#N)=CC1C=CC=CC1(OC)OC. The molecule has 1 unspecified atom stereocenters. The van der Waals surface area contributed by atoms with E-state index in [-0.39, 0.29) is 11.5 Å². The number of hydrogen-bond donors (Lipinski definition) is 0. The summed E-state index contributed by atoms with van der Waals surface area (Å²) < 4.78 is 15.2. The van der Waals surface area contributed by atoms with Crippen LogP contribution in [0.4, 0.5) is 0 Å². The summed E-state index contributed by atoms with van der Waals surface area (Å²) >= 11 is 0. The molecule has 0 spiro atoms. The summed E-state index contributed by atoms with van der Waals surface area (Å²) in [6, 6.07) is 1.80. The highest BCUT2D eigenvalue weighted by Gasteiger charge is 2.36. The molecule has 5 nitrogen and oxygen atoms in total. The fourth-order valence-electron chi connectivity index (χ4n) is 1.72. The molecule has 0 N–H and O–H groups in total. The Hall–Kier alpha value is -1.90. The molecule has 1 atom stereocenters. The van der Waals surface area contributed by atoms with E-state index in [2.05, 4.69) is 4.74 Å². The molecular formula is C13H15NO4. The van der Waals surface area contributed by atoms with Gasteiger partial charge < -0.3 is 14.2 Å². The fraction of sp³-hybridized carbons (Fsp3) is 0.385. The molecule has 5 heteroatoms. The van der Waals surface area contributed by atoms with Crippen LogP contribution in [0.2, 0.25) is 0 Å². The molecule has 0 saturated heterocycles. The number of nitriles is 1. The van der Waals surface area contributed by atoms with E-state index in [1.807, 2.05) is 0 Å². The molecule has 1 rings (SSSR count). The minimum Gasteiger partial charge on any atom is -0.465 e. The summed E-state index contributed by atoms with van der Waals surface area (Å²) in [4.78, 5) is 11.4. The van der Waals surface area contributed by atoms with Gasteiger partial charge in [0.05, 0.1) is 13.0 Å². The number of carbonyl (C=O) groups is 1. The first kappa shape index (κ1) is 14.2. The van der Waals surface area contributed by atoms with Crippen molar-refractivity contribution >= 4 is 5.97 Å². The van der Waals surface area contributed by atoms with Crippen molar-refractivity contribution in [2.24, 2.45) is 5.92 Å². The van der Waals surface area contributed by atoms with Crippen molar-refractivity contribution in [2.45, 2.75) is 5.79 Å². The summed E-state index contributed by atoms with van der Waals surface area (Å²) in [6.45, 7) is 0. The second-order valence-electron chi connectivity index (χ2n) is 3.58. The number of hydrogen-bond acceptors (Lipinski definition) is 5. The first-order valence-corrected chi connectivity index (χ1v) is 5.30. The van der Waals surface area contributed by atoms with Crippen molar-refractivity contribution < 1.29 is 19.0 Å². The molecule has 1 aliphatic rings. The summed E-state index contributed by atoms with van der Waals surface area (Å²) in [5.74, 6) is -2.07. The van der Waals surface area contributed by atoms with E-state index in [4.69, 9.17) is 14.7 Å². The van der Waals surface area contributed by atoms with Gasteiger partial charge in [-0.15, -0.1) is 0 Å². The van der Waals surface area contributed by atoms with Crippen LogP contribution in [0, 0.1) is 17.2 Å². The van der Waals surface area contributed by atoms with Gasteiger partial charge in [-0.25, -0.2) is 4.79 Å². The Labute approximate surface area is 106 Å². The zero-order chi connectivity index (χ0) is 13.6. The van der Waals surface area contributed by atoms with Crippen LogP contribution < -0.4 is 0 Å². The van der Waals surface area contributed by atoms with Gasteiger partial charge in [0.15, 0.2) is 5.79 Å². The van der Waals surface area contributed by atoms with Crippen LogP contribution in [0.3, 0.4) is 0 Å². The third-order valence-corrected chi connectivity index (χ3v) is 2.73. The van der Waals surface area contributed by atoms with E-state index in [0.717, 1.165) is 0 Å². The quantitative estimate of drug-likeness (QED) is 0.325. The molecule has 0 amide bonds. The van der Waals surface area contributed by atoms with Gasteiger partial charge >= 0.3 is 5.97 Å². The molecule has 0 aliphatic heterocycles. The molecule has 0 heterocycles. The fourth-order valence-corrected chi connectivity index (χ4v) is 1.72. The van der Waals surface area contributed by atoms with Crippen LogP contribution in [0.1, 0.15) is 0 Å². The number of methoxy groups -OCH3 is 3. The maximum atomic E-state index is 11.4. The van der Waals surface area contributed by atoms with Crippen LogP contribution >= 0.6 is 0 Å². The molecule has 0 aromatic heterocycles. The smallest absolute Gasteiger partial charge is 0.348 e. The van der Waals surface area contributed by atoms with Crippen LogP contribution in [-0.4, -0.2) is 33.1 Å². The zero-order valence-corrected chi connectivity index (χ0v) is 10.5. The van der Waals surface area contributed by atoms with E-state index in [0.29, 0.717) is 0 Å². The van der Waals surface area contributed by atoms with Crippen LogP contribution in [0.25, 0.3) is 0 Å². The highest BCUT2D eigenvalue weighted by molar-refractivity contribution is 5.92. The normalized spacial score (nSPS) is 21.4. The highest BCUT2D eigenvalue weighted by atomic mass is 16.7. The average molecular weight is 249 g/mol. The van der Waals surface area contributed by atoms with Crippen molar-refractivity contribution in [3.8, 4) is 6.07 Å². The Kier molecular flexibility index (Phi) is 4.84. The summed E-state index contributed by atoms with van der Waals surface area (Å²) in [5, 5.41) is 8.93. The Morgan fingerprint density at radius 1 is 1.33 bits per heavy atom. The second kappa shape index (κ2) is 6.15. The van der Waals surface area contributed by atoms with Gasteiger partial charge in [-0.05, 0) is 12.2 Å². The van der Waals surface area contributed by atoms with Gasteiger partial charge in [0.25, 0.3) is 0 Å². The van der Waals surface area contributed by atoms with Crippen LogP contribution in [0.15, 0.2) is 36.0 Å². The lowest BCUT2D eigenvalue weighted by molar-refractivity contribution is -0.186. The number of nitrogens with zero attached hydrogens (tertiary/aromatic N) is 1. The molecule has 0 aromatic rings. The summed E-state index contributed by atoms with van der Waals surface area (Å²) in [5.41, 5.74) is -0.0825. The molecule has 0 fully saturated rings. The predicted octanol–water partition coefficient (Wildman–Crippen LogP) is 1.34. The summed E-state index contributed by atoms with van der Waals surface area (Å²) in [7, 11) is 4.22. The number of rotatable bonds is 4.